The minimum Gasteiger partial charge on any atom is -0.376 e. The Kier molecular flexibility index (Phi) is 5.44. The van der Waals surface area contributed by atoms with Gasteiger partial charge in [-0.2, -0.15) is 0 Å². The molecule has 1 aliphatic rings. The van der Waals surface area contributed by atoms with E-state index in [4.69, 9.17) is 4.74 Å². The minimum absolute atomic E-state index is 0.663. The molecule has 0 bridgehead atoms. The van der Waals surface area contributed by atoms with Crippen molar-refractivity contribution in [3.63, 3.8) is 0 Å². The number of hydrogen-bond acceptors (Lipinski definition) is 1. The summed E-state index contributed by atoms with van der Waals surface area (Å²) >= 11 is 0. The van der Waals surface area contributed by atoms with Crippen molar-refractivity contribution in [1.82, 2.24) is 0 Å². The molecule has 2 atom stereocenters. The van der Waals surface area contributed by atoms with Crippen LogP contribution in [0.3, 0.4) is 0 Å². The van der Waals surface area contributed by atoms with E-state index < -0.39 is 0 Å². The van der Waals surface area contributed by atoms with Gasteiger partial charge in [0, 0.05) is 0 Å². The highest BCUT2D eigenvalue weighted by Crippen LogP contribution is 2.33. The lowest BCUT2D eigenvalue weighted by Crippen LogP contribution is -2.13. The predicted octanol–water partition coefficient (Wildman–Crippen LogP) is 5.33. The van der Waals surface area contributed by atoms with Crippen molar-refractivity contribution in [2.75, 3.05) is 6.61 Å². The highest BCUT2D eigenvalue weighted by Gasteiger charge is 2.25. The third kappa shape index (κ3) is 4.32. The molecule has 1 saturated carbocycles. The topological polar surface area (TPSA) is 9.23 Å². The maximum absolute atomic E-state index is 5.95. The Hall–Kier alpha value is -1.86. The lowest BCUT2D eigenvalue weighted by atomic mass is 9.95. The normalized spacial score (nSPS) is 21.5. The molecule has 0 saturated heterocycles. The third-order valence-corrected chi connectivity index (χ3v) is 4.50. The molecular weight excluding hydrogens is 268 g/mol. The molecule has 3 rings (SSSR count). The van der Waals surface area contributed by atoms with Crippen LogP contribution < -0.4 is 0 Å². The molecule has 0 spiro atoms. The molecule has 1 aliphatic carbocycles. The lowest BCUT2D eigenvalue weighted by molar-refractivity contribution is 0.0804. The van der Waals surface area contributed by atoms with Gasteiger partial charge in [0.25, 0.3) is 0 Å². The molecule has 22 heavy (non-hydrogen) atoms. The second kappa shape index (κ2) is 7.95. The highest BCUT2D eigenvalue weighted by atomic mass is 16.5. The van der Waals surface area contributed by atoms with Gasteiger partial charge in [-0.3, -0.25) is 0 Å². The van der Waals surface area contributed by atoms with Crippen LogP contribution in [-0.4, -0.2) is 6.61 Å². The summed E-state index contributed by atoms with van der Waals surface area (Å²) in [5.74, 6) is 1.33. The Morgan fingerprint density at radius 1 is 0.909 bits per heavy atom. The van der Waals surface area contributed by atoms with Gasteiger partial charge in [-0.15, -0.1) is 0 Å². The fourth-order valence-corrected chi connectivity index (χ4v) is 3.23. The second-order valence-corrected chi connectivity index (χ2v) is 6.13. The summed E-state index contributed by atoms with van der Waals surface area (Å²) in [6.45, 7) is 1.60. The summed E-state index contributed by atoms with van der Waals surface area (Å²) in [4.78, 5) is 0. The van der Waals surface area contributed by atoms with E-state index in [1.807, 2.05) is 6.07 Å². The fourth-order valence-electron chi connectivity index (χ4n) is 3.23. The molecule has 1 heteroatoms. The van der Waals surface area contributed by atoms with Crippen LogP contribution in [0.4, 0.5) is 0 Å². The highest BCUT2D eigenvalue weighted by molar-refractivity contribution is 5.49. The number of allylic oxidation sites excluding steroid dienone is 1. The van der Waals surface area contributed by atoms with Gasteiger partial charge >= 0.3 is 0 Å². The van der Waals surface area contributed by atoms with Crippen LogP contribution in [0.5, 0.6) is 0 Å². The molecular formula is C21H24O. The molecule has 0 radical (unpaired) electrons. The Morgan fingerprint density at radius 2 is 1.64 bits per heavy atom. The number of hydrogen-bond donors (Lipinski definition) is 0. The molecule has 0 aromatic heterocycles. The summed E-state index contributed by atoms with van der Waals surface area (Å²) in [5, 5.41) is 0. The smallest absolute Gasteiger partial charge is 0.0717 e. The van der Waals surface area contributed by atoms with Crippen molar-refractivity contribution < 1.29 is 4.74 Å². The molecule has 1 nitrogen and oxygen atoms in total. The quantitative estimate of drug-likeness (QED) is 0.699. The van der Waals surface area contributed by atoms with E-state index in [0.717, 1.165) is 13.2 Å². The van der Waals surface area contributed by atoms with Crippen LogP contribution in [0.15, 0.2) is 66.7 Å². The summed E-state index contributed by atoms with van der Waals surface area (Å²) in [5.41, 5.74) is 2.55. The van der Waals surface area contributed by atoms with Crippen LogP contribution in [0.1, 0.15) is 30.4 Å². The average Bonchev–Trinajstić information content (AvgIpc) is 3.02. The van der Waals surface area contributed by atoms with E-state index in [2.05, 4.69) is 66.7 Å². The predicted molar refractivity (Wildman–Crippen MR) is 92.4 cm³/mol. The Labute approximate surface area is 133 Å². The van der Waals surface area contributed by atoms with Crippen molar-refractivity contribution in [2.24, 2.45) is 11.8 Å². The van der Waals surface area contributed by atoms with Crippen molar-refractivity contribution in [2.45, 2.75) is 25.9 Å². The fraction of sp³-hybridized carbons (Fsp3) is 0.333. The Morgan fingerprint density at radius 3 is 2.41 bits per heavy atom. The first-order valence-corrected chi connectivity index (χ1v) is 8.27. The van der Waals surface area contributed by atoms with Crippen molar-refractivity contribution in [1.29, 1.82) is 0 Å². The summed E-state index contributed by atoms with van der Waals surface area (Å²) < 4.78 is 5.95. The SMILES string of the molecule is C(=C\[C@@H]1CCC[C@@H]1COCc1ccccc1)/c1ccccc1. The van der Waals surface area contributed by atoms with E-state index in [1.165, 1.54) is 30.4 Å². The van der Waals surface area contributed by atoms with Crippen LogP contribution >= 0.6 is 0 Å². The van der Waals surface area contributed by atoms with E-state index in [0.29, 0.717) is 11.8 Å². The van der Waals surface area contributed by atoms with Gasteiger partial charge in [-0.1, -0.05) is 79.2 Å². The summed E-state index contributed by atoms with van der Waals surface area (Å²) in [6.07, 6.45) is 8.56. The molecule has 2 aromatic carbocycles. The second-order valence-electron chi connectivity index (χ2n) is 6.13. The standard InChI is InChI=1S/C21H24O/c1-3-8-18(9-4-1)14-15-20-12-7-13-21(20)17-22-16-19-10-5-2-6-11-19/h1-6,8-11,14-15,20-21H,7,12-13,16-17H2/b15-14+/t20-,21+/m0/s1. The van der Waals surface area contributed by atoms with Gasteiger partial charge < -0.3 is 4.74 Å². The zero-order chi connectivity index (χ0) is 15.0. The number of benzene rings is 2. The van der Waals surface area contributed by atoms with Crippen LogP contribution in [0, 0.1) is 11.8 Å². The molecule has 0 aliphatic heterocycles. The Balaban J connectivity index is 1.49. The van der Waals surface area contributed by atoms with Gasteiger partial charge in [0.2, 0.25) is 0 Å². The van der Waals surface area contributed by atoms with Crippen LogP contribution in [-0.2, 0) is 11.3 Å². The van der Waals surface area contributed by atoms with Crippen LogP contribution in [0.2, 0.25) is 0 Å². The lowest BCUT2D eigenvalue weighted by Gasteiger charge is -2.16. The third-order valence-electron chi connectivity index (χ3n) is 4.50. The van der Waals surface area contributed by atoms with Crippen LogP contribution in [0.25, 0.3) is 6.08 Å². The van der Waals surface area contributed by atoms with Gasteiger partial charge in [0.15, 0.2) is 0 Å². The molecule has 0 unspecified atom stereocenters. The van der Waals surface area contributed by atoms with Gasteiger partial charge in [-0.25, -0.2) is 0 Å². The maximum Gasteiger partial charge on any atom is 0.0717 e. The van der Waals surface area contributed by atoms with Crippen molar-refractivity contribution in [3.8, 4) is 0 Å². The van der Waals surface area contributed by atoms with E-state index in [-0.39, 0.29) is 0 Å². The van der Waals surface area contributed by atoms with E-state index in [9.17, 15) is 0 Å². The summed E-state index contributed by atoms with van der Waals surface area (Å²) in [6, 6.07) is 21.0. The zero-order valence-electron chi connectivity index (χ0n) is 13.0. The molecule has 0 N–H and O–H groups in total. The van der Waals surface area contributed by atoms with Crippen molar-refractivity contribution >= 4 is 6.08 Å². The maximum atomic E-state index is 5.95. The first-order valence-electron chi connectivity index (χ1n) is 8.27. The van der Waals surface area contributed by atoms with E-state index >= 15 is 0 Å². The van der Waals surface area contributed by atoms with Gasteiger partial charge in [0.05, 0.1) is 13.2 Å². The number of rotatable bonds is 6. The van der Waals surface area contributed by atoms with Gasteiger partial charge in [-0.05, 0) is 35.8 Å². The first-order chi connectivity index (χ1) is 10.9. The molecule has 0 amide bonds. The molecule has 0 heterocycles. The zero-order valence-corrected chi connectivity index (χ0v) is 13.0. The van der Waals surface area contributed by atoms with Gasteiger partial charge in [0.1, 0.15) is 0 Å². The average molecular weight is 292 g/mol. The van der Waals surface area contributed by atoms with E-state index in [1.54, 1.807) is 0 Å². The Bertz CT molecular complexity index is 573. The largest absolute Gasteiger partial charge is 0.376 e. The minimum atomic E-state index is 0.663. The van der Waals surface area contributed by atoms with Crippen molar-refractivity contribution in [3.05, 3.63) is 77.9 Å². The number of ether oxygens (including phenoxy) is 1. The monoisotopic (exact) mass is 292 g/mol. The summed E-state index contributed by atoms with van der Waals surface area (Å²) in [7, 11) is 0. The molecule has 114 valence electrons. The first kappa shape index (κ1) is 15.1. The molecule has 1 fully saturated rings. The molecule has 2 aromatic rings.